The van der Waals surface area contributed by atoms with Crippen molar-refractivity contribution >= 4 is 5.97 Å². The molecular formula is C9H15N3O2. The first-order valence-corrected chi connectivity index (χ1v) is 4.49. The van der Waals surface area contributed by atoms with Gasteiger partial charge in [-0.2, -0.15) is 0 Å². The van der Waals surface area contributed by atoms with Crippen molar-refractivity contribution in [2.24, 2.45) is 0 Å². The van der Waals surface area contributed by atoms with Crippen molar-refractivity contribution in [3.8, 4) is 0 Å². The van der Waals surface area contributed by atoms with Gasteiger partial charge >= 0.3 is 5.97 Å². The van der Waals surface area contributed by atoms with Crippen LogP contribution in [0.2, 0.25) is 0 Å². The van der Waals surface area contributed by atoms with Gasteiger partial charge in [0.15, 0.2) is 0 Å². The van der Waals surface area contributed by atoms with E-state index in [1.807, 2.05) is 17.8 Å². The minimum absolute atomic E-state index is 0.200. The molecule has 5 nitrogen and oxygen atoms in total. The predicted molar refractivity (Wildman–Crippen MR) is 51.6 cm³/mol. The molecule has 0 aliphatic rings. The van der Waals surface area contributed by atoms with E-state index in [0.717, 1.165) is 5.82 Å². The fourth-order valence-corrected chi connectivity index (χ4v) is 1.18. The van der Waals surface area contributed by atoms with Crippen molar-refractivity contribution in [2.45, 2.75) is 19.5 Å². The highest BCUT2D eigenvalue weighted by atomic mass is 16.5. The Morgan fingerprint density at radius 1 is 1.71 bits per heavy atom. The fraction of sp³-hybridized carbons (Fsp3) is 0.556. The molecule has 5 heteroatoms. The van der Waals surface area contributed by atoms with Crippen LogP contribution in [-0.4, -0.2) is 29.7 Å². The minimum Gasteiger partial charge on any atom is -0.469 e. The van der Waals surface area contributed by atoms with Crippen LogP contribution >= 0.6 is 0 Å². The quantitative estimate of drug-likeness (QED) is 0.683. The Kier molecular flexibility index (Phi) is 4.12. The predicted octanol–water partition coefficient (Wildman–Crippen LogP) is 0.166. The molecule has 1 rings (SSSR count). The number of imidazole rings is 1. The summed E-state index contributed by atoms with van der Waals surface area (Å²) in [6, 6.07) is 0. The number of methoxy groups -OCH3 is 1. The van der Waals surface area contributed by atoms with Gasteiger partial charge < -0.3 is 14.6 Å². The number of aryl methyl sites for hydroxylation is 1. The maximum atomic E-state index is 10.9. The molecule has 0 aliphatic carbocycles. The van der Waals surface area contributed by atoms with Gasteiger partial charge in [0.25, 0.3) is 0 Å². The van der Waals surface area contributed by atoms with Crippen molar-refractivity contribution in [1.29, 1.82) is 0 Å². The van der Waals surface area contributed by atoms with E-state index in [1.165, 1.54) is 7.11 Å². The van der Waals surface area contributed by atoms with Gasteiger partial charge in [0.2, 0.25) is 0 Å². The van der Waals surface area contributed by atoms with Gasteiger partial charge in [-0.05, 0) is 7.05 Å². The molecule has 1 N–H and O–H groups in total. The summed E-state index contributed by atoms with van der Waals surface area (Å²) in [5, 5.41) is 3.01. The Labute approximate surface area is 83.1 Å². The smallest absolute Gasteiger partial charge is 0.307 e. The summed E-state index contributed by atoms with van der Waals surface area (Å²) < 4.78 is 6.50. The van der Waals surface area contributed by atoms with E-state index in [4.69, 9.17) is 0 Å². The molecule has 0 aromatic carbocycles. The van der Waals surface area contributed by atoms with Crippen molar-refractivity contribution in [3.63, 3.8) is 0 Å². The van der Waals surface area contributed by atoms with Crippen LogP contribution in [0.3, 0.4) is 0 Å². The zero-order chi connectivity index (χ0) is 10.4. The van der Waals surface area contributed by atoms with Crippen LogP contribution in [0.4, 0.5) is 0 Å². The molecule has 0 bridgehead atoms. The number of aromatic nitrogens is 2. The first-order valence-electron chi connectivity index (χ1n) is 4.49. The van der Waals surface area contributed by atoms with Crippen LogP contribution in [-0.2, 0) is 22.6 Å². The van der Waals surface area contributed by atoms with Crippen LogP contribution in [0.1, 0.15) is 12.2 Å². The van der Waals surface area contributed by atoms with Crippen molar-refractivity contribution < 1.29 is 9.53 Å². The molecule has 0 fully saturated rings. The number of ether oxygens (including phenoxy) is 1. The van der Waals surface area contributed by atoms with E-state index >= 15 is 0 Å². The lowest BCUT2D eigenvalue weighted by molar-refractivity contribution is -0.140. The van der Waals surface area contributed by atoms with Crippen molar-refractivity contribution in [1.82, 2.24) is 14.9 Å². The minimum atomic E-state index is -0.200. The molecule has 1 aromatic heterocycles. The average molecular weight is 197 g/mol. The largest absolute Gasteiger partial charge is 0.469 e. The lowest BCUT2D eigenvalue weighted by Gasteiger charge is -2.05. The maximum Gasteiger partial charge on any atom is 0.307 e. The van der Waals surface area contributed by atoms with E-state index in [9.17, 15) is 4.79 Å². The van der Waals surface area contributed by atoms with Gasteiger partial charge in [-0.25, -0.2) is 4.98 Å². The molecular weight excluding hydrogens is 182 g/mol. The second-order valence-corrected chi connectivity index (χ2v) is 2.89. The van der Waals surface area contributed by atoms with Gasteiger partial charge in [-0.3, -0.25) is 4.79 Å². The third-order valence-electron chi connectivity index (χ3n) is 1.92. The number of hydrogen-bond acceptors (Lipinski definition) is 4. The monoisotopic (exact) mass is 197 g/mol. The van der Waals surface area contributed by atoms with Crippen LogP contribution in [0.25, 0.3) is 0 Å². The average Bonchev–Trinajstić information content (AvgIpc) is 2.62. The fourth-order valence-electron chi connectivity index (χ4n) is 1.18. The number of rotatable bonds is 5. The number of nitrogens with one attached hydrogen (secondary N) is 1. The Balaban J connectivity index is 2.49. The van der Waals surface area contributed by atoms with Gasteiger partial charge in [0.1, 0.15) is 5.82 Å². The Morgan fingerprint density at radius 2 is 2.50 bits per heavy atom. The van der Waals surface area contributed by atoms with Gasteiger partial charge in [0.05, 0.1) is 20.1 Å². The Morgan fingerprint density at radius 3 is 3.14 bits per heavy atom. The molecule has 0 unspecified atom stereocenters. The number of carbonyl (C=O) groups is 1. The van der Waals surface area contributed by atoms with Gasteiger partial charge in [-0.1, -0.05) is 0 Å². The summed E-state index contributed by atoms with van der Waals surface area (Å²) >= 11 is 0. The summed E-state index contributed by atoms with van der Waals surface area (Å²) in [4.78, 5) is 15.1. The van der Waals surface area contributed by atoms with Crippen LogP contribution in [0, 0.1) is 0 Å². The second-order valence-electron chi connectivity index (χ2n) is 2.89. The third kappa shape index (κ3) is 2.85. The van der Waals surface area contributed by atoms with Crippen molar-refractivity contribution in [3.05, 3.63) is 18.2 Å². The molecule has 1 heterocycles. The SMILES string of the molecule is CNCc1nccn1CCC(=O)OC. The number of hydrogen-bond donors (Lipinski definition) is 1. The first-order chi connectivity index (χ1) is 6.77. The molecule has 1 aromatic rings. The molecule has 0 saturated carbocycles. The Bertz CT molecular complexity index is 296. The lowest BCUT2D eigenvalue weighted by Crippen LogP contribution is -2.14. The maximum absolute atomic E-state index is 10.9. The van der Waals surface area contributed by atoms with Gasteiger partial charge in [0, 0.05) is 18.9 Å². The van der Waals surface area contributed by atoms with E-state index in [1.54, 1.807) is 6.20 Å². The van der Waals surface area contributed by atoms with E-state index in [-0.39, 0.29) is 5.97 Å². The standard InChI is InChI=1S/C9H15N3O2/c1-10-7-8-11-4-6-12(8)5-3-9(13)14-2/h4,6,10H,3,5,7H2,1-2H3. The summed E-state index contributed by atoms with van der Waals surface area (Å²) in [6.07, 6.45) is 3.96. The van der Waals surface area contributed by atoms with E-state index < -0.39 is 0 Å². The summed E-state index contributed by atoms with van der Waals surface area (Å²) in [6.45, 7) is 1.32. The molecule has 0 spiro atoms. The molecule has 0 saturated heterocycles. The highest BCUT2D eigenvalue weighted by molar-refractivity contribution is 5.68. The molecule has 14 heavy (non-hydrogen) atoms. The normalized spacial score (nSPS) is 10.1. The second kappa shape index (κ2) is 5.39. The highest BCUT2D eigenvalue weighted by Crippen LogP contribution is 1.99. The van der Waals surface area contributed by atoms with Crippen LogP contribution < -0.4 is 5.32 Å². The molecule has 0 amide bonds. The molecule has 0 aliphatic heterocycles. The molecule has 0 radical (unpaired) electrons. The molecule has 0 atom stereocenters. The number of esters is 1. The summed E-state index contributed by atoms with van der Waals surface area (Å²) in [7, 11) is 3.25. The van der Waals surface area contributed by atoms with Crippen LogP contribution in [0.15, 0.2) is 12.4 Å². The van der Waals surface area contributed by atoms with E-state index in [2.05, 4.69) is 15.0 Å². The Hall–Kier alpha value is -1.36. The summed E-state index contributed by atoms with van der Waals surface area (Å²) in [5.41, 5.74) is 0. The first kappa shape index (κ1) is 10.7. The molecule has 78 valence electrons. The van der Waals surface area contributed by atoms with E-state index in [0.29, 0.717) is 19.5 Å². The third-order valence-corrected chi connectivity index (χ3v) is 1.92. The zero-order valence-electron chi connectivity index (χ0n) is 8.49. The number of carbonyl (C=O) groups excluding carboxylic acids is 1. The highest BCUT2D eigenvalue weighted by Gasteiger charge is 2.04. The topological polar surface area (TPSA) is 56.2 Å². The number of nitrogens with zero attached hydrogens (tertiary/aromatic N) is 2. The lowest BCUT2D eigenvalue weighted by atomic mass is 10.4. The van der Waals surface area contributed by atoms with Gasteiger partial charge in [-0.15, -0.1) is 0 Å². The zero-order valence-corrected chi connectivity index (χ0v) is 8.49. The van der Waals surface area contributed by atoms with Crippen molar-refractivity contribution in [2.75, 3.05) is 14.2 Å². The summed E-state index contributed by atoms with van der Waals surface area (Å²) in [5.74, 6) is 0.727. The van der Waals surface area contributed by atoms with Crippen LogP contribution in [0.5, 0.6) is 0 Å².